The van der Waals surface area contributed by atoms with Crippen molar-refractivity contribution >= 4 is 28.2 Å². The van der Waals surface area contributed by atoms with Gasteiger partial charge in [-0.05, 0) is 49.3 Å². The van der Waals surface area contributed by atoms with Gasteiger partial charge in [0.05, 0.1) is 46.9 Å². The molecule has 158 valence electrons. The Morgan fingerprint density at radius 2 is 2.24 bits per heavy atom. The molecule has 2 heterocycles. The van der Waals surface area contributed by atoms with Gasteiger partial charge in [0.2, 0.25) is 0 Å². The number of aromatic amines is 1. The number of ether oxygens (including phenoxy) is 2. The Hall–Kier alpha value is -2.16. The fraction of sp³-hybridized carbons (Fsp3) is 0.524. The molecule has 0 radical (unpaired) electrons. The summed E-state index contributed by atoms with van der Waals surface area (Å²) in [5, 5.41) is 4.93. The van der Waals surface area contributed by atoms with E-state index in [1.807, 2.05) is 24.3 Å². The number of likely N-dealkylation sites (N-methyl/N-ethyl adjacent to an activating group) is 1. The number of aromatic nitrogens is 1. The Bertz CT molecular complexity index is 893. The highest BCUT2D eigenvalue weighted by Crippen LogP contribution is 2.19. The number of methoxy groups -OCH3 is 1. The molecule has 0 amide bonds. The molecule has 3 N–H and O–H groups in total. The molecule has 29 heavy (non-hydrogen) atoms. The first kappa shape index (κ1) is 21.5. The predicted octanol–water partition coefficient (Wildman–Crippen LogP) is 0.537. The minimum absolute atomic E-state index is 0.0909. The van der Waals surface area contributed by atoms with Gasteiger partial charge in [-0.1, -0.05) is 0 Å². The SMILES string of the molecule is COc1ccc2[nH]c(=O)c(CN(CC[NH+](C)C)C(=S)NC[C@@H]3CCCO3)cc2c1. The summed E-state index contributed by atoms with van der Waals surface area (Å²) in [5.74, 6) is 0.761. The fourth-order valence-electron chi connectivity index (χ4n) is 3.41. The lowest BCUT2D eigenvalue weighted by molar-refractivity contribution is -0.857. The zero-order chi connectivity index (χ0) is 20.8. The van der Waals surface area contributed by atoms with Crippen LogP contribution in [0.15, 0.2) is 29.1 Å². The molecule has 1 aliphatic heterocycles. The zero-order valence-corrected chi connectivity index (χ0v) is 18.2. The monoisotopic (exact) mass is 419 g/mol. The van der Waals surface area contributed by atoms with E-state index in [1.165, 1.54) is 4.90 Å². The van der Waals surface area contributed by atoms with Gasteiger partial charge < -0.3 is 29.6 Å². The van der Waals surface area contributed by atoms with Crippen LogP contribution in [0.1, 0.15) is 18.4 Å². The summed E-state index contributed by atoms with van der Waals surface area (Å²) < 4.78 is 11.0. The van der Waals surface area contributed by atoms with Crippen molar-refractivity contribution in [1.29, 1.82) is 0 Å². The van der Waals surface area contributed by atoms with Gasteiger partial charge in [-0.3, -0.25) is 4.79 Å². The summed E-state index contributed by atoms with van der Waals surface area (Å²) in [6.45, 7) is 3.65. The molecule has 0 bridgehead atoms. The highest BCUT2D eigenvalue weighted by atomic mass is 32.1. The van der Waals surface area contributed by atoms with Crippen LogP contribution < -0.4 is 20.5 Å². The smallest absolute Gasteiger partial charge is 0.253 e. The number of hydrogen-bond donors (Lipinski definition) is 3. The number of pyridine rings is 1. The van der Waals surface area contributed by atoms with Crippen molar-refractivity contribution in [3.05, 3.63) is 40.2 Å². The van der Waals surface area contributed by atoms with Crippen LogP contribution in [-0.4, -0.2) is 68.5 Å². The lowest BCUT2D eigenvalue weighted by Crippen LogP contribution is -3.06. The van der Waals surface area contributed by atoms with Crippen molar-refractivity contribution in [2.45, 2.75) is 25.5 Å². The zero-order valence-electron chi connectivity index (χ0n) is 17.4. The third-order valence-electron chi connectivity index (χ3n) is 5.16. The molecule has 2 aromatic rings. The number of rotatable bonds is 8. The number of hydrogen-bond acceptors (Lipinski definition) is 4. The van der Waals surface area contributed by atoms with E-state index in [0.717, 1.165) is 49.2 Å². The largest absolute Gasteiger partial charge is 0.497 e. The van der Waals surface area contributed by atoms with Gasteiger partial charge >= 0.3 is 0 Å². The summed E-state index contributed by atoms with van der Waals surface area (Å²) in [5.41, 5.74) is 1.38. The van der Waals surface area contributed by atoms with Gasteiger partial charge in [0.25, 0.3) is 5.56 Å². The van der Waals surface area contributed by atoms with E-state index in [4.69, 9.17) is 21.7 Å². The van der Waals surface area contributed by atoms with E-state index in [1.54, 1.807) is 7.11 Å². The topological polar surface area (TPSA) is 71.0 Å². The molecule has 1 fully saturated rings. The maximum absolute atomic E-state index is 12.6. The molecule has 0 unspecified atom stereocenters. The number of thiocarbonyl (C=S) groups is 1. The van der Waals surface area contributed by atoms with Crippen molar-refractivity contribution in [2.75, 3.05) is 47.4 Å². The molecule has 1 atom stereocenters. The Labute approximate surface area is 177 Å². The van der Waals surface area contributed by atoms with E-state index in [-0.39, 0.29) is 11.7 Å². The quantitative estimate of drug-likeness (QED) is 0.543. The molecule has 1 saturated heterocycles. The molecule has 0 spiro atoms. The number of nitrogens with one attached hydrogen (secondary N) is 3. The highest BCUT2D eigenvalue weighted by molar-refractivity contribution is 7.80. The second-order valence-corrected chi connectivity index (χ2v) is 8.16. The van der Waals surface area contributed by atoms with Gasteiger partial charge in [0.1, 0.15) is 5.75 Å². The minimum atomic E-state index is -0.0909. The highest BCUT2D eigenvalue weighted by Gasteiger charge is 2.19. The number of nitrogens with zero attached hydrogens (tertiary/aromatic N) is 1. The molecule has 1 aliphatic rings. The lowest BCUT2D eigenvalue weighted by atomic mass is 10.1. The van der Waals surface area contributed by atoms with Crippen LogP contribution in [0.3, 0.4) is 0 Å². The molecule has 0 aliphatic carbocycles. The van der Waals surface area contributed by atoms with Crippen molar-refractivity contribution in [1.82, 2.24) is 15.2 Å². The second kappa shape index (κ2) is 10.0. The maximum Gasteiger partial charge on any atom is 0.253 e. The van der Waals surface area contributed by atoms with Crippen molar-refractivity contribution in [3.63, 3.8) is 0 Å². The standard InChI is InChI=1S/C21H30N4O3S/c1-24(2)8-9-25(21(29)22-13-18-5-4-10-28-18)14-16-11-15-12-17(27-3)6-7-19(15)23-20(16)26/h6-7,11-12,18H,4-5,8-10,13-14H2,1-3H3,(H,22,29)(H,23,26)/p+1/t18-/m0/s1. The van der Waals surface area contributed by atoms with Gasteiger partial charge in [0, 0.05) is 29.6 Å². The van der Waals surface area contributed by atoms with Crippen LogP contribution in [-0.2, 0) is 11.3 Å². The first-order valence-electron chi connectivity index (χ1n) is 10.1. The van der Waals surface area contributed by atoms with Gasteiger partial charge in [0.15, 0.2) is 5.11 Å². The summed E-state index contributed by atoms with van der Waals surface area (Å²) in [6, 6.07) is 7.56. The van der Waals surface area contributed by atoms with Crippen LogP contribution in [0, 0.1) is 0 Å². The van der Waals surface area contributed by atoms with E-state index in [0.29, 0.717) is 23.8 Å². The number of H-pyrrole nitrogens is 1. The van der Waals surface area contributed by atoms with Gasteiger partial charge in [-0.15, -0.1) is 0 Å². The summed E-state index contributed by atoms with van der Waals surface area (Å²) >= 11 is 5.66. The normalized spacial score (nSPS) is 16.3. The van der Waals surface area contributed by atoms with E-state index in [2.05, 4.69) is 29.3 Å². The van der Waals surface area contributed by atoms with Crippen molar-refractivity contribution < 1.29 is 14.4 Å². The first-order valence-corrected chi connectivity index (χ1v) is 10.5. The predicted molar refractivity (Wildman–Crippen MR) is 119 cm³/mol. The van der Waals surface area contributed by atoms with E-state index >= 15 is 0 Å². The molecule has 3 rings (SSSR count). The first-order chi connectivity index (χ1) is 14.0. The van der Waals surface area contributed by atoms with Crippen molar-refractivity contribution in [3.8, 4) is 5.75 Å². The molecule has 0 saturated carbocycles. The van der Waals surface area contributed by atoms with E-state index in [9.17, 15) is 4.79 Å². The van der Waals surface area contributed by atoms with Crippen LogP contribution in [0.5, 0.6) is 5.75 Å². The minimum Gasteiger partial charge on any atom is -0.497 e. The summed E-state index contributed by atoms with van der Waals surface area (Å²) in [4.78, 5) is 19.0. The number of benzene rings is 1. The van der Waals surface area contributed by atoms with Gasteiger partial charge in [-0.25, -0.2) is 0 Å². The maximum atomic E-state index is 12.6. The van der Waals surface area contributed by atoms with Crippen LogP contribution >= 0.6 is 12.2 Å². The Morgan fingerprint density at radius 3 is 2.93 bits per heavy atom. The van der Waals surface area contributed by atoms with Crippen LogP contribution in [0.2, 0.25) is 0 Å². The average molecular weight is 420 g/mol. The Morgan fingerprint density at radius 1 is 1.41 bits per heavy atom. The number of fused-ring (bicyclic) bond motifs is 1. The van der Waals surface area contributed by atoms with Crippen molar-refractivity contribution in [2.24, 2.45) is 0 Å². The second-order valence-electron chi connectivity index (χ2n) is 7.78. The molecule has 7 nitrogen and oxygen atoms in total. The van der Waals surface area contributed by atoms with Crippen LogP contribution in [0.4, 0.5) is 0 Å². The molecule has 8 heteroatoms. The summed E-state index contributed by atoms with van der Waals surface area (Å²) in [7, 11) is 5.85. The molecule has 1 aromatic carbocycles. The third kappa shape index (κ3) is 5.91. The molecular weight excluding hydrogens is 388 g/mol. The Kier molecular flexibility index (Phi) is 7.46. The molecule has 1 aromatic heterocycles. The lowest BCUT2D eigenvalue weighted by Gasteiger charge is -2.27. The summed E-state index contributed by atoms with van der Waals surface area (Å²) in [6.07, 6.45) is 2.37. The average Bonchev–Trinajstić information content (AvgIpc) is 3.22. The van der Waals surface area contributed by atoms with Crippen LogP contribution in [0.25, 0.3) is 10.9 Å². The number of quaternary nitrogens is 1. The van der Waals surface area contributed by atoms with Gasteiger partial charge in [-0.2, -0.15) is 0 Å². The fourth-order valence-corrected chi connectivity index (χ4v) is 3.65. The van der Waals surface area contributed by atoms with E-state index < -0.39 is 0 Å². The third-order valence-corrected chi connectivity index (χ3v) is 5.57. The molecular formula is C21H31N4O3S+. The Balaban J connectivity index is 1.77.